The molecule has 20 heavy (non-hydrogen) atoms. The highest BCUT2D eigenvalue weighted by molar-refractivity contribution is 5.91. The van der Waals surface area contributed by atoms with Crippen molar-refractivity contribution < 1.29 is 19.2 Å². The SMILES string of the molecule is Cc1cc(NC(=O)CN2CCC(CC(=O)O)CC2)no1. The van der Waals surface area contributed by atoms with Gasteiger partial charge in [0.2, 0.25) is 5.91 Å². The van der Waals surface area contributed by atoms with Crippen LogP contribution in [0.4, 0.5) is 5.82 Å². The summed E-state index contributed by atoms with van der Waals surface area (Å²) < 4.78 is 4.87. The first-order valence-corrected chi connectivity index (χ1v) is 6.70. The Bertz CT molecular complexity index is 478. The fraction of sp³-hybridized carbons (Fsp3) is 0.615. The average molecular weight is 281 g/mol. The van der Waals surface area contributed by atoms with E-state index in [2.05, 4.69) is 10.5 Å². The molecular formula is C13H19N3O4. The van der Waals surface area contributed by atoms with E-state index < -0.39 is 5.97 Å². The molecule has 7 heteroatoms. The molecule has 110 valence electrons. The number of aryl methyl sites for hydroxylation is 1. The van der Waals surface area contributed by atoms with Crippen LogP contribution in [0.1, 0.15) is 25.0 Å². The van der Waals surface area contributed by atoms with E-state index in [1.54, 1.807) is 13.0 Å². The molecule has 1 fully saturated rings. The first kappa shape index (κ1) is 14.5. The highest BCUT2D eigenvalue weighted by Crippen LogP contribution is 2.20. The number of likely N-dealkylation sites (tertiary alicyclic amines) is 1. The van der Waals surface area contributed by atoms with E-state index in [1.807, 2.05) is 4.90 Å². The average Bonchev–Trinajstić information content (AvgIpc) is 2.76. The minimum Gasteiger partial charge on any atom is -0.481 e. The summed E-state index contributed by atoms with van der Waals surface area (Å²) in [6, 6.07) is 1.66. The number of carbonyl (C=O) groups excluding carboxylic acids is 1. The summed E-state index contributed by atoms with van der Waals surface area (Å²) >= 11 is 0. The van der Waals surface area contributed by atoms with Gasteiger partial charge in [-0.05, 0) is 38.8 Å². The third kappa shape index (κ3) is 4.34. The largest absolute Gasteiger partial charge is 0.481 e. The topological polar surface area (TPSA) is 95.7 Å². The smallest absolute Gasteiger partial charge is 0.303 e. The van der Waals surface area contributed by atoms with Crippen molar-refractivity contribution in [3.05, 3.63) is 11.8 Å². The maximum absolute atomic E-state index is 11.8. The van der Waals surface area contributed by atoms with Crippen LogP contribution in [0.25, 0.3) is 0 Å². The molecule has 0 radical (unpaired) electrons. The molecule has 2 N–H and O–H groups in total. The number of carbonyl (C=O) groups is 2. The van der Waals surface area contributed by atoms with E-state index in [0.717, 1.165) is 25.9 Å². The maximum Gasteiger partial charge on any atom is 0.303 e. The predicted octanol–water partition coefficient (Wildman–Crippen LogP) is 1.11. The Labute approximate surface area is 116 Å². The standard InChI is InChI=1S/C13H19N3O4/c1-9-6-11(15-20-9)14-12(17)8-16-4-2-10(3-5-16)7-13(18)19/h6,10H,2-5,7-8H2,1H3,(H,18,19)(H,14,15,17). The molecule has 1 aromatic rings. The highest BCUT2D eigenvalue weighted by Gasteiger charge is 2.22. The van der Waals surface area contributed by atoms with Gasteiger partial charge in [-0.15, -0.1) is 0 Å². The van der Waals surface area contributed by atoms with Gasteiger partial charge >= 0.3 is 5.97 Å². The summed E-state index contributed by atoms with van der Waals surface area (Å²) in [5.41, 5.74) is 0. The van der Waals surface area contributed by atoms with Gasteiger partial charge in [0.15, 0.2) is 5.82 Å². The van der Waals surface area contributed by atoms with Crippen molar-refractivity contribution in [3.63, 3.8) is 0 Å². The molecule has 2 rings (SSSR count). The number of rotatable bonds is 5. The summed E-state index contributed by atoms with van der Waals surface area (Å²) in [6.07, 6.45) is 1.86. The number of hydrogen-bond acceptors (Lipinski definition) is 5. The Morgan fingerprint density at radius 3 is 2.75 bits per heavy atom. The molecule has 1 amide bonds. The lowest BCUT2D eigenvalue weighted by Crippen LogP contribution is -2.39. The lowest BCUT2D eigenvalue weighted by atomic mass is 9.94. The molecule has 1 saturated heterocycles. The van der Waals surface area contributed by atoms with Crippen molar-refractivity contribution in [2.75, 3.05) is 25.0 Å². The second kappa shape index (κ2) is 6.51. The number of nitrogens with one attached hydrogen (secondary N) is 1. The Kier molecular flexibility index (Phi) is 4.73. The van der Waals surface area contributed by atoms with Crippen LogP contribution in [0.3, 0.4) is 0 Å². The number of aliphatic carboxylic acids is 1. The molecule has 0 aromatic carbocycles. The molecule has 0 bridgehead atoms. The fourth-order valence-corrected chi connectivity index (χ4v) is 2.41. The number of aromatic nitrogens is 1. The summed E-state index contributed by atoms with van der Waals surface area (Å²) in [4.78, 5) is 24.5. The molecule has 0 unspecified atom stereocenters. The van der Waals surface area contributed by atoms with Crippen LogP contribution >= 0.6 is 0 Å². The molecule has 0 aliphatic carbocycles. The van der Waals surface area contributed by atoms with Crippen LogP contribution in [0, 0.1) is 12.8 Å². The minimum atomic E-state index is -0.748. The van der Waals surface area contributed by atoms with Gasteiger partial charge in [0.1, 0.15) is 5.76 Å². The number of nitrogens with zero attached hydrogens (tertiary/aromatic N) is 2. The summed E-state index contributed by atoms with van der Waals surface area (Å²) in [7, 11) is 0. The van der Waals surface area contributed by atoms with E-state index in [-0.39, 0.29) is 18.2 Å². The number of piperidine rings is 1. The maximum atomic E-state index is 11.8. The zero-order chi connectivity index (χ0) is 14.5. The molecular weight excluding hydrogens is 262 g/mol. The van der Waals surface area contributed by atoms with Crippen LogP contribution < -0.4 is 5.32 Å². The van der Waals surface area contributed by atoms with Crippen molar-refractivity contribution in [2.24, 2.45) is 5.92 Å². The number of hydrogen-bond donors (Lipinski definition) is 2. The fourth-order valence-electron chi connectivity index (χ4n) is 2.41. The Morgan fingerprint density at radius 1 is 1.50 bits per heavy atom. The lowest BCUT2D eigenvalue weighted by molar-refractivity contribution is -0.138. The zero-order valence-corrected chi connectivity index (χ0v) is 11.5. The van der Waals surface area contributed by atoms with E-state index in [0.29, 0.717) is 18.1 Å². The highest BCUT2D eigenvalue weighted by atomic mass is 16.5. The summed E-state index contributed by atoms with van der Waals surface area (Å²) in [5.74, 6) is 0.422. The third-order valence-corrected chi connectivity index (χ3v) is 3.43. The van der Waals surface area contributed by atoms with Crippen molar-refractivity contribution in [2.45, 2.75) is 26.2 Å². The number of amides is 1. The molecule has 0 saturated carbocycles. The van der Waals surface area contributed by atoms with E-state index in [1.165, 1.54) is 0 Å². The van der Waals surface area contributed by atoms with E-state index in [9.17, 15) is 9.59 Å². The van der Waals surface area contributed by atoms with Crippen molar-refractivity contribution in [1.29, 1.82) is 0 Å². The van der Waals surface area contributed by atoms with Crippen molar-refractivity contribution in [1.82, 2.24) is 10.1 Å². The van der Waals surface area contributed by atoms with Gasteiger partial charge < -0.3 is 14.9 Å². The third-order valence-electron chi connectivity index (χ3n) is 3.43. The zero-order valence-electron chi connectivity index (χ0n) is 11.5. The van der Waals surface area contributed by atoms with Gasteiger partial charge in [-0.3, -0.25) is 14.5 Å². The van der Waals surface area contributed by atoms with Crippen molar-refractivity contribution >= 4 is 17.7 Å². The van der Waals surface area contributed by atoms with Crippen LogP contribution in [-0.4, -0.2) is 46.7 Å². The molecule has 1 aliphatic heterocycles. The molecule has 0 atom stereocenters. The second-order valence-corrected chi connectivity index (χ2v) is 5.19. The molecule has 0 spiro atoms. The Morgan fingerprint density at radius 2 is 2.20 bits per heavy atom. The van der Waals surface area contributed by atoms with Crippen LogP contribution in [0.15, 0.2) is 10.6 Å². The van der Waals surface area contributed by atoms with E-state index in [4.69, 9.17) is 9.63 Å². The number of carboxylic acids is 1. The van der Waals surface area contributed by atoms with Crippen LogP contribution in [0.5, 0.6) is 0 Å². The van der Waals surface area contributed by atoms with Gasteiger partial charge in [0.05, 0.1) is 6.54 Å². The minimum absolute atomic E-state index is 0.130. The van der Waals surface area contributed by atoms with Gasteiger partial charge in [0, 0.05) is 12.5 Å². The first-order chi connectivity index (χ1) is 9.52. The monoisotopic (exact) mass is 281 g/mol. The number of carboxylic acid groups (broad SMARTS) is 1. The molecule has 1 aromatic heterocycles. The predicted molar refractivity (Wildman–Crippen MR) is 71.3 cm³/mol. The normalized spacial score (nSPS) is 17.1. The van der Waals surface area contributed by atoms with Gasteiger partial charge in [-0.2, -0.15) is 0 Å². The number of anilines is 1. The van der Waals surface area contributed by atoms with Gasteiger partial charge in [-0.25, -0.2) is 0 Å². The van der Waals surface area contributed by atoms with Crippen LogP contribution in [-0.2, 0) is 9.59 Å². The van der Waals surface area contributed by atoms with E-state index >= 15 is 0 Å². The summed E-state index contributed by atoms with van der Waals surface area (Å²) in [5, 5.41) is 15.1. The quantitative estimate of drug-likeness (QED) is 0.839. The lowest BCUT2D eigenvalue weighted by Gasteiger charge is -2.30. The Hall–Kier alpha value is -1.89. The van der Waals surface area contributed by atoms with Crippen LogP contribution in [0.2, 0.25) is 0 Å². The second-order valence-electron chi connectivity index (χ2n) is 5.19. The Balaban J connectivity index is 1.72. The summed E-state index contributed by atoms with van der Waals surface area (Å²) in [6.45, 7) is 3.56. The van der Waals surface area contributed by atoms with Crippen molar-refractivity contribution in [3.8, 4) is 0 Å². The first-order valence-electron chi connectivity index (χ1n) is 6.70. The molecule has 1 aliphatic rings. The molecule has 7 nitrogen and oxygen atoms in total. The molecule has 2 heterocycles. The van der Waals surface area contributed by atoms with Gasteiger partial charge in [-0.1, -0.05) is 5.16 Å². The van der Waals surface area contributed by atoms with Gasteiger partial charge in [0.25, 0.3) is 0 Å².